The third-order valence-corrected chi connectivity index (χ3v) is 4.12. The third kappa shape index (κ3) is 5.30. The Morgan fingerprint density at radius 1 is 1.35 bits per heavy atom. The summed E-state index contributed by atoms with van der Waals surface area (Å²) in [7, 11) is 1.39. The molecule has 20 heavy (non-hydrogen) atoms. The standard InChI is InChI=1S/C14H20N2O3S/c1-19-14(18)8-11-4-5-12(20-11)9-15-7-6-13(17)16-10-2-3-10/h4-5,10,15H,2-3,6-9H2,1H3,(H,16,17). The van der Waals surface area contributed by atoms with Crippen LogP contribution in [0.2, 0.25) is 0 Å². The van der Waals surface area contributed by atoms with E-state index in [1.54, 1.807) is 11.3 Å². The fourth-order valence-electron chi connectivity index (χ4n) is 1.77. The van der Waals surface area contributed by atoms with Gasteiger partial charge in [0, 0.05) is 35.3 Å². The van der Waals surface area contributed by atoms with Crippen molar-refractivity contribution < 1.29 is 14.3 Å². The minimum Gasteiger partial charge on any atom is -0.469 e. The first-order valence-electron chi connectivity index (χ1n) is 6.82. The van der Waals surface area contributed by atoms with Gasteiger partial charge in [-0.2, -0.15) is 0 Å². The Hall–Kier alpha value is -1.40. The topological polar surface area (TPSA) is 67.4 Å². The van der Waals surface area contributed by atoms with Crippen molar-refractivity contribution in [2.75, 3.05) is 13.7 Å². The Morgan fingerprint density at radius 2 is 2.10 bits per heavy atom. The van der Waals surface area contributed by atoms with E-state index >= 15 is 0 Å². The molecule has 5 nitrogen and oxygen atoms in total. The van der Waals surface area contributed by atoms with Crippen LogP contribution in [0.3, 0.4) is 0 Å². The number of methoxy groups -OCH3 is 1. The number of nitrogens with one attached hydrogen (secondary N) is 2. The zero-order valence-corrected chi connectivity index (χ0v) is 12.4. The van der Waals surface area contributed by atoms with Crippen LogP contribution < -0.4 is 10.6 Å². The van der Waals surface area contributed by atoms with Crippen LogP contribution in [0.1, 0.15) is 29.0 Å². The molecule has 1 aliphatic rings. The summed E-state index contributed by atoms with van der Waals surface area (Å²) in [5, 5.41) is 6.20. The van der Waals surface area contributed by atoms with E-state index in [0.717, 1.165) is 29.1 Å². The second-order valence-corrected chi connectivity index (χ2v) is 6.14. The van der Waals surface area contributed by atoms with Gasteiger partial charge in [-0.05, 0) is 25.0 Å². The first-order chi connectivity index (χ1) is 9.67. The molecule has 0 spiro atoms. The average Bonchev–Trinajstić information content (AvgIpc) is 3.13. The second kappa shape index (κ2) is 7.40. The highest BCUT2D eigenvalue weighted by Crippen LogP contribution is 2.18. The smallest absolute Gasteiger partial charge is 0.310 e. The maximum Gasteiger partial charge on any atom is 0.310 e. The van der Waals surface area contributed by atoms with Crippen LogP contribution in [0, 0.1) is 0 Å². The van der Waals surface area contributed by atoms with Crippen molar-refractivity contribution in [3.8, 4) is 0 Å². The summed E-state index contributed by atoms with van der Waals surface area (Å²) in [5.41, 5.74) is 0. The van der Waals surface area contributed by atoms with Gasteiger partial charge in [-0.1, -0.05) is 0 Å². The maximum atomic E-state index is 11.5. The Balaban J connectivity index is 1.61. The Labute approximate surface area is 122 Å². The number of carbonyl (C=O) groups excluding carboxylic acids is 2. The molecule has 0 atom stereocenters. The predicted molar refractivity (Wildman–Crippen MR) is 77.5 cm³/mol. The van der Waals surface area contributed by atoms with E-state index in [2.05, 4.69) is 15.4 Å². The molecule has 1 saturated carbocycles. The van der Waals surface area contributed by atoms with Gasteiger partial charge in [0.2, 0.25) is 5.91 Å². The molecule has 1 amide bonds. The number of esters is 1. The molecule has 0 bridgehead atoms. The average molecular weight is 296 g/mol. The zero-order chi connectivity index (χ0) is 14.4. The highest BCUT2D eigenvalue weighted by Gasteiger charge is 2.22. The van der Waals surface area contributed by atoms with Gasteiger partial charge in [-0.25, -0.2) is 0 Å². The molecule has 0 unspecified atom stereocenters. The first-order valence-corrected chi connectivity index (χ1v) is 7.63. The number of ether oxygens (including phenoxy) is 1. The van der Waals surface area contributed by atoms with Gasteiger partial charge in [0.1, 0.15) is 0 Å². The molecule has 1 heterocycles. The summed E-state index contributed by atoms with van der Waals surface area (Å²) in [6.45, 7) is 1.39. The van der Waals surface area contributed by atoms with Crippen molar-refractivity contribution in [1.82, 2.24) is 10.6 Å². The molecule has 1 aliphatic carbocycles. The number of thiophene rings is 1. The maximum absolute atomic E-state index is 11.5. The monoisotopic (exact) mass is 296 g/mol. The lowest BCUT2D eigenvalue weighted by molar-refractivity contribution is -0.139. The van der Waals surface area contributed by atoms with Crippen LogP contribution in [-0.2, 0) is 27.3 Å². The van der Waals surface area contributed by atoms with Gasteiger partial charge in [-0.15, -0.1) is 11.3 Å². The summed E-state index contributed by atoms with van der Waals surface area (Å²) in [6.07, 6.45) is 3.08. The Kier molecular flexibility index (Phi) is 5.55. The van der Waals surface area contributed by atoms with Crippen molar-refractivity contribution in [2.24, 2.45) is 0 Å². The van der Waals surface area contributed by atoms with E-state index in [1.807, 2.05) is 12.1 Å². The van der Waals surface area contributed by atoms with Crippen LogP contribution in [0.15, 0.2) is 12.1 Å². The lowest BCUT2D eigenvalue weighted by Gasteiger charge is -2.04. The fourth-order valence-corrected chi connectivity index (χ4v) is 2.74. The molecule has 1 aromatic heterocycles. The van der Waals surface area contributed by atoms with Crippen molar-refractivity contribution in [3.63, 3.8) is 0 Å². The van der Waals surface area contributed by atoms with E-state index in [9.17, 15) is 9.59 Å². The van der Waals surface area contributed by atoms with E-state index in [-0.39, 0.29) is 11.9 Å². The normalized spacial score (nSPS) is 14.1. The second-order valence-electron chi connectivity index (χ2n) is 4.89. The molecule has 1 aromatic rings. The summed E-state index contributed by atoms with van der Waals surface area (Å²) >= 11 is 1.59. The van der Waals surface area contributed by atoms with Gasteiger partial charge in [0.25, 0.3) is 0 Å². The lowest BCUT2D eigenvalue weighted by Crippen LogP contribution is -2.28. The quantitative estimate of drug-likeness (QED) is 0.559. The predicted octanol–water partition coefficient (Wildman–Crippen LogP) is 1.22. The number of amides is 1. The van der Waals surface area contributed by atoms with E-state index in [1.165, 1.54) is 7.11 Å². The van der Waals surface area contributed by atoms with Gasteiger partial charge in [0.05, 0.1) is 13.5 Å². The van der Waals surface area contributed by atoms with Crippen molar-refractivity contribution in [3.05, 3.63) is 21.9 Å². The van der Waals surface area contributed by atoms with Crippen LogP contribution in [0.5, 0.6) is 0 Å². The molecular weight excluding hydrogens is 276 g/mol. The summed E-state index contributed by atoms with van der Waals surface area (Å²) in [4.78, 5) is 24.8. The van der Waals surface area contributed by atoms with Crippen LogP contribution in [0.25, 0.3) is 0 Å². The minimum absolute atomic E-state index is 0.123. The molecule has 0 saturated heterocycles. The van der Waals surface area contributed by atoms with Crippen molar-refractivity contribution in [1.29, 1.82) is 0 Å². The minimum atomic E-state index is -0.219. The van der Waals surface area contributed by atoms with Gasteiger partial charge in [0.15, 0.2) is 0 Å². The fraction of sp³-hybridized carbons (Fsp3) is 0.571. The van der Waals surface area contributed by atoms with E-state index in [0.29, 0.717) is 25.4 Å². The SMILES string of the molecule is COC(=O)Cc1ccc(CNCCC(=O)NC2CC2)s1. The highest BCUT2D eigenvalue weighted by atomic mass is 32.1. The number of carbonyl (C=O) groups is 2. The van der Waals surface area contributed by atoms with Crippen molar-refractivity contribution in [2.45, 2.75) is 38.3 Å². The van der Waals surface area contributed by atoms with Gasteiger partial charge < -0.3 is 15.4 Å². The molecule has 0 radical (unpaired) electrons. The number of rotatable bonds is 8. The first kappa shape index (κ1) is 15.0. The highest BCUT2D eigenvalue weighted by molar-refractivity contribution is 7.12. The largest absolute Gasteiger partial charge is 0.469 e. The molecule has 0 aromatic carbocycles. The lowest BCUT2D eigenvalue weighted by atomic mass is 10.3. The van der Waals surface area contributed by atoms with Crippen LogP contribution >= 0.6 is 11.3 Å². The summed E-state index contributed by atoms with van der Waals surface area (Å²) < 4.78 is 4.63. The summed E-state index contributed by atoms with van der Waals surface area (Å²) in [5.74, 6) is -0.0966. The molecule has 1 fully saturated rings. The third-order valence-electron chi connectivity index (χ3n) is 3.03. The van der Waals surface area contributed by atoms with Gasteiger partial charge in [-0.3, -0.25) is 9.59 Å². The molecule has 2 N–H and O–H groups in total. The number of hydrogen-bond acceptors (Lipinski definition) is 5. The molecule has 2 rings (SSSR count). The number of hydrogen-bond donors (Lipinski definition) is 2. The van der Waals surface area contributed by atoms with Crippen molar-refractivity contribution >= 4 is 23.2 Å². The molecule has 110 valence electrons. The Bertz CT molecular complexity index is 469. The van der Waals surface area contributed by atoms with Crippen LogP contribution in [0.4, 0.5) is 0 Å². The molecule has 6 heteroatoms. The summed E-state index contributed by atoms with van der Waals surface area (Å²) in [6, 6.07) is 4.37. The van der Waals surface area contributed by atoms with E-state index < -0.39 is 0 Å². The Morgan fingerprint density at radius 3 is 2.80 bits per heavy atom. The molecule has 0 aliphatic heterocycles. The van der Waals surface area contributed by atoms with E-state index in [4.69, 9.17) is 0 Å². The van der Waals surface area contributed by atoms with Crippen LogP contribution in [-0.4, -0.2) is 31.6 Å². The zero-order valence-electron chi connectivity index (χ0n) is 11.6. The molecular formula is C14H20N2O3S. The van der Waals surface area contributed by atoms with Gasteiger partial charge >= 0.3 is 5.97 Å².